The lowest BCUT2D eigenvalue weighted by molar-refractivity contribution is -0.137. The molecule has 0 saturated carbocycles. The number of hydrogen-bond donors (Lipinski definition) is 3. The number of nitrogens with one attached hydrogen (secondary N) is 1. The van der Waals surface area contributed by atoms with E-state index in [-0.39, 0.29) is 19.4 Å². The number of amides is 2. The van der Waals surface area contributed by atoms with E-state index in [1.165, 1.54) is 0 Å². The first-order valence-corrected chi connectivity index (χ1v) is 10.7. The summed E-state index contributed by atoms with van der Waals surface area (Å²) in [6, 6.07) is 5.37. The zero-order valence-electron chi connectivity index (χ0n) is 19.0. The van der Waals surface area contributed by atoms with E-state index in [4.69, 9.17) is 20.3 Å². The molecule has 1 atom stereocenters. The normalized spacial score (nSPS) is 12.1. The number of rotatable bonds is 13. The predicted octanol–water partition coefficient (Wildman–Crippen LogP) is 3.72. The molecule has 2 amide bonds. The van der Waals surface area contributed by atoms with Gasteiger partial charge >= 0.3 is 12.1 Å². The SMILES string of the molecule is Cc1ccc(OC[C@H](CCC(N)=O)NC(=O)OC(C)(C)C)cc1CCCCCC(=O)O. The Balaban J connectivity index is 2.66. The largest absolute Gasteiger partial charge is 0.491 e. The van der Waals surface area contributed by atoms with Crippen LogP contribution < -0.4 is 15.8 Å². The fraction of sp³-hybridized carbons (Fsp3) is 0.609. The van der Waals surface area contributed by atoms with Crippen molar-refractivity contribution in [2.75, 3.05) is 6.61 Å². The number of nitrogens with two attached hydrogens (primary N) is 1. The van der Waals surface area contributed by atoms with E-state index in [2.05, 4.69) is 5.32 Å². The van der Waals surface area contributed by atoms with Gasteiger partial charge in [-0.05, 0) is 76.6 Å². The van der Waals surface area contributed by atoms with E-state index in [1.807, 2.05) is 25.1 Å². The number of benzene rings is 1. The molecule has 0 spiro atoms. The lowest BCUT2D eigenvalue weighted by Crippen LogP contribution is -2.42. The molecule has 0 unspecified atom stereocenters. The predicted molar refractivity (Wildman–Crippen MR) is 118 cm³/mol. The van der Waals surface area contributed by atoms with E-state index in [0.29, 0.717) is 18.6 Å². The lowest BCUT2D eigenvalue weighted by atomic mass is 10.0. The number of aryl methyl sites for hydroxylation is 2. The Morgan fingerprint density at radius 2 is 1.84 bits per heavy atom. The van der Waals surface area contributed by atoms with Crippen LogP contribution in [0.5, 0.6) is 5.75 Å². The summed E-state index contributed by atoms with van der Waals surface area (Å²) in [5.41, 5.74) is 6.90. The minimum atomic E-state index is -0.766. The molecule has 0 heterocycles. The molecule has 0 aliphatic carbocycles. The van der Waals surface area contributed by atoms with E-state index >= 15 is 0 Å². The number of carbonyl (C=O) groups is 3. The molecule has 0 aromatic heterocycles. The molecular formula is C23H36N2O6. The van der Waals surface area contributed by atoms with Crippen LogP contribution in [0.25, 0.3) is 0 Å². The molecule has 1 aromatic carbocycles. The summed E-state index contributed by atoms with van der Waals surface area (Å²) >= 11 is 0. The molecule has 0 aliphatic rings. The van der Waals surface area contributed by atoms with Gasteiger partial charge in [0.1, 0.15) is 18.0 Å². The average Bonchev–Trinajstić information content (AvgIpc) is 2.63. The highest BCUT2D eigenvalue weighted by Gasteiger charge is 2.20. The zero-order chi connectivity index (χ0) is 23.4. The van der Waals surface area contributed by atoms with Gasteiger partial charge in [0, 0.05) is 12.8 Å². The van der Waals surface area contributed by atoms with Crippen molar-refractivity contribution in [3.63, 3.8) is 0 Å². The fourth-order valence-electron chi connectivity index (χ4n) is 2.96. The van der Waals surface area contributed by atoms with Crippen molar-refractivity contribution in [2.24, 2.45) is 5.73 Å². The number of carbonyl (C=O) groups excluding carboxylic acids is 2. The van der Waals surface area contributed by atoms with Gasteiger partial charge in [-0.25, -0.2) is 4.79 Å². The summed E-state index contributed by atoms with van der Waals surface area (Å²) < 4.78 is 11.2. The molecule has 31 heavy (non-hydrogen) atoms. The first-order valence-electron chi connectivity index (χ1n) is 10.7. The molecular weight excluding hydrogens is 400 g/mol. The van der Waals surface area contributed by atoms with E-state index < -0.39 is 29.6 Å². The maximum atomic E-state index is 12.1. The third kappa shape index (κ3) is 12.5. The van der Waals surface area contributed by atoms with Crippen molar-refractivity contribution >= 4 is 18.0 Å². The van der Waals surface area contributed by atoms with Gasteiger partial charge in [-0.1, -0.05) is 12.5 Å². The molecule has 1 rings (SSSR count). The topological polar surface area (TPSA) is 128 Å². The molecule has 0 bridgehead atoms. The van der Waals surface area contributed by atoms with Crippen molar-refractivity contribution in [3.8, 4) is 5.75 Å². The Hall–Kier alpha value is -2.77. The summed E-state index contributed by atoms with van der Waals surface area (Å²) in [5, 5.41) is 11.5. The van der Waals surface area contributed by atoms with Crippen LogP contribution in [0, 0.1) is 6.92 Å². The van der Waals surface area contributed by atoms with Crippen LogP contribution in [0.15, 0.2) is 18.2 Å². The maximum absolute atomic E-state index is 12.1. The quantitative estimate of drug-likeness (QED) is 0.404. The van der Waals surface area contributed by atoms with Crippen LogP contribution in [0.3, 0.4) is 0 Å². The van der Waals surface area contributed by atoms with Crippen LogP contribution in [0.1, 0.15) is 70.4 Å². The van der Waals surface area contributed by atoms with Gasteiger partial charge in [0.25, 0.3) is 0 Å². The molecule has 8 nitrogen and oxygen atoms in total. The average molecular weight is 437 g/mol. The van der Waals surface area contributed by atoms with Gasteiger partial charge in [0.2, 0.25) is 5.91 Å². The molecule has 8 heteroatoms. The third-order valence-corrected chi connectivity index (χ3v) is 4.57. The van der Waals surface area contributed by atoms with Gasteiger partial charge in [0.15, 0.2) is 0 Å². The Morgan fingerprint density at radius 3 is 2.45 bits per heavy atom. The van der Waals surface area contributed by atoms with Crippen LogP contribution in [0.2, 0.25) is 0 Å². The molecule has 1 aromatic rings. The molecule has 0 aliphatic heterocycles. The van der Waals surface area contributed by atoms with Crippen LogP contribution in [0.4, 0.5) is 4.79 Å². The number of carboxylic acid groups (broad SMARTS) is 1. The van der Waals surface area contributed by atoms with E-state index in [0.717, 1.165) is 30.4 Å². The standard InChI is InChI=1S/C23H36N2O6/c1-16-10-12-19(14-17(16)8-6-5-7-9-21(27)28)30-15-18(11-13-20(24)26)25-22(29)31-23(2,3)4/h10,12,14,18H,5-9,11,13,15H2,1-4H3,(H2,24,26)(H,25,29)(H,27,28)/t18-/m0/s1. The molecule has 0 fully saturated rings. The minimum Gasteiger partial charge on any atom is -0.491 e. The van der Waals surface area contributed by atoms with Crippen molar-refractivity contribution in [1.29, 1.82) is 0 Å². The second-order valence-corrected chi connectivity index (χ2v) is 8.70. The van der Waals surface area contributed by atoms with Crippen LogP contribution in [-0.4, -0.2) is 41.3 Å². The van der Waals surface area contributed by atoms with Gasteiger partial charge in [-0.3, -0.25) is 9.59 Å². The Bertz CT molecular complexity index is 742. The van der Waals surface area contributed by atoms with Crippen molar-refractivity contribution in [1.82, 2.24) is 5.32 Å². The van der Waals surface area contributed by atoms with Gasteiger partial charge in [-0.15, -0.1) is 0 Å². The molecule has 0 radical (unpaired) electrons. The molecule has 4 N–H and O–H groups in total. The molecule has 174 valence electrons. The number of carboxylic acids is 1. The maximum Gasteiger partial charge on any atom is 0.407 e. The van der Waals surface area contributed by atoms with Gasteiger partial charge in [0.05, 0.1) is 6.04 Å². The summed E-state index contributed by atoms with van der Waals surface area (Å²) in [5.74, 6) is -0.546. The summed E-state index contributed by atoms with van der Waals surface area (Å²) in [6.45, 7) is 7.52. The highest BCUT2D eigenvalue weighted by Crippen LogP contribution is 2.20. The van der Waals surface area contributed by atoms with Crippen molar-refractivity contribution < 1.29 is 29.0 Å². The number of aliphatic carboxylic acids is 1. The highest BCUT2D eigenvalue weighted by atomic mass is 16.6. The summed E-state index contributed by atoms with van der Waals surface area (Å²) in [6.07, 6.45) is 3.35. The summed E-state index contributed by atoms with van der Waals surface area (Å²) in [7, 11) is 0. The Morgan fingerprint density at radius 1 is 1.13 bits per heavy atom. The second kappa shape index (κ2) is 12.8. The molecule has 0 saturated heterocycles. The first kappa shape index (κ1) is 26.3. The number of hydrogen-bond acceptors (Lipinski definition) is 5. The minimum absolute atomic E-state index is 0.124. The van der Waals surface area contributed by atoms with Gasteiger partial charge < -0.3 is 25.6 Å². The van der Waals surface area contributed by atoms with Gasteiger partial charge in [-0.2, -0.15) is 0 Å². The van der Waals surface area contributed by atoms with E-state index in [1.54, 1.807) is 20.8 Å². The van der Waals surface area contributed by atoms with Crippen LogP contribution in [-0.2, 0) is 20.7 Å². The van der Waals surface area contributed by atoms with E-state index in [9.17, 15) is 14.4 Å². The number of alkyl carbamates (subject to hydrolysis) is 1. The lowest BCUT2D eigenvalue weighted by Gasteiger charge is -2.24. The van der Waals surface area contributed by atoms with Crippen molar-refractivity contribution in [2.45, 2.75) is 84.3 Å². The Labute approximate surface area is 184 Å². The fourth-order valence-corrected chi connectivity index (χ4v) is 2.96. The summed E-state index contributed by atoms with van der Waals surface area (Å²) in [4.78, 5) is 33.9. The monoisotopic (exact) mass is 436 g/mol. The van der Waals surface area contributed by atoms with Crippen LogP contribution >= 0.6 is 0 Å². The van der Waals surface area contributed by atoms with Crippen molar-refractivity contribution in [3.05, 3.63) is 29.3 Å². The number of ether oxygens (including phenoxy) is 2. The number of primary amides is 1. The smallest absolute Gasteiger partial charge is 0.407 e. The Kier molecular flexibility index (Phi) is 10.9. The second-order valence-electron chi connectivity index (χ2n) is 8.70. The first-order chi connectivity index (χ1) is 14.5. The number of unbranched alkanes of at least 4 members (excludes halogenated alkanes) is 2. The zero-order valence-corrected chi connectivity index (χ0v) is 19.0. The third-order valence-electron chi connectivity index (χ3n) is 4.57. The highest BCUT2D eigenvalue weighted by molar-refractivity contribution is 5.74.